The van der Waals surface area contributed by atoms with Crippen LogP contribution in [0.3, 0.4) is 0 Å². The highest BCUT2D eigenvalue weighted by Gasteiger charge is 2.14. The molecule has 1 rings (SSSR count). The van der Waals surface area contributed by atoms with E-state index >= 15 is 0 Å². The van der Waals surface area contributed by atoms with Gasteiger partial charge in [0.15, 0.2) is 0 Å². The zero-order chi connectivity index (χ0) is 14.3. The van der Waals surface area contributed by atoms with Gasteiger partial charge in [-0.1, -0.05) is 0 Å². The molecular weight excluding hydrogens is 268 g/mol. The van der Waals surface area contributed by atoms with Gasteiger partial charge in [0.25, 0.3) is 0 Å². The summed E-state index contributed by atoms with van der Waals surface area (Å²) in [7, 11) is -1.44. The molecule has 6 nitrogen and oxygen atoms in total. The molecule has 106 valence electrons. The molecule has 0 aliphatic heterocycles. The molecule has 1 unspecified atom stereocenters. The molecule has 3 N–H and O–H groups in total. The van der Waals surface area contributed by atoms with Gasteiger partial charge in [0, 0.05) is 25.7 Å². The molecule has 0 heterocycles. The maximum absolute atomic E-state index is 12.2. The highest BCUT2D eigenvalue weighted by Crippen LogP contribution is 2.15. The van der Waals surface area contributed by atoms with E-state index in [0.717, 1.165) is 0 Å². The zero-order valence-corrected chi connectivity index (χ0v) is 11.5. The van der Waals surface area contributed by atoms with Gasteiger partial charge in [0.2, 0.25) is 5.91 Å². The van der Waals surface area contributed by atoms with Crippen LogP contribution in [0.15, 0.2) is 29.2 Å². The van der Waals surface area contributed by atoms with Gasteiger partial charge in [-0.3, -0.25) is 4.79 Å². The van der Waals surface area contributed by atoms with Crippen LogP contribution >= 0.6 is 0 Å². The molecule has 7 heteroatoms. The summed E-state index contributed by atoms with van der Waals surface area (Å²) >= 11 is 0. The lowest BCUT2D eigenvalue weighted by molar-refractivity contribution is -0.114. The monoisotopic (exact) mass is 286 g/mol. The van der Waals surface area contributed by atoms with Crippen molar-refractivity contribution in [1.82, 2.24) is 4.31 Å². The van der Waals surface area contributed by atoms with Crippen molar-refractivity contribution < 1.29 is 19.2 Å². The minimum atomic E-state index is -1.44. The SMILES string of the molecule is CC(=O)Nc1ccc(S(=O)N(CCO)CCO)cc1. The Morgan fingerprint density at radius 1 is 1.21 bits per heavy atom. The number of aliphatic hydroxyl groups is 2. The summed E-state index contributed by atoms with van der Waals surface area (Å²) in [5, 5.41) is 20.4. The van der Waals surface area contributed by atoms with Crippen LogP contribution in [0.1, 0.15) is 6.92 Å². The molecule has 0 saturated carbocycles. The summed E-state index contributed by atoms with van der Waals surface area (Å²) in [6.07, 6.45) is 0. The van der Waals surface area contributed by atoms with E-state index in [0.29, 0.717) is 10.6 Å². The van der Waals surface area contributed by atoms with Crippen molar-refractivity contribution in [1.29, 1.82) is 0 Å². The van der Waals surface area contributed by atoms with Crippen molar-refractivity contribution >= 4 is 22.6 Å². The topological polar surface area (TPSA) is 89.9 Å². The lowest BCUT2D eigenvalue weighted by Gasteiger charge is -2.19. The standard InChI is InChI=1S/C12H18N2O4S/c1-10(17)13-11-2-4-12(5-3-11)19(18)14(6-8-15)7-9-16/h2-5,15-16H,6-9H2,1H3,(H,13,17). The summed E-state index contributed by atoms with van der Waals surface area (Å²) < 4.78 is 13.7. The second kappa shape index (κ2) is 8.00. The second-order valence-electron chi connectivity index (χ2n) is 3.83. The predicted molar refractivity (Wildman–Crippen MR) is 72.9 cm³/mol. The Kier molecular flexibility index (Phi) is 6.65. The van der Waals surface area contributed by atoms with Crippen molar-refractivity contribution in [2.75, 3.05) is 31.6 Å². The van der Waals surface area contributed by atoms with E-state index in [9.17, 15) is 9.00 Å². The van der Waals surface area contributed by atoms with Gasteiger partial charge >= 0.3 is 0 Å². The van der Waals surface area contributed by atoms with E-state index < -0.39 is 11.0 Å². The summed E-state index contributed by atoms with van der Waals surface area (Å²) in [6, 6.07) is 6.60. The molecule has 1 aromatic rings. The summed E-state index contributed by atoms with van der Waals surface area (Å²) in [5.74, 6) is -0.170. The third-order valence-electron chi connectivity index (χ3n) is 2.31. The fraction of sp³-hybridized carbons (Fsp3) is 0.417. The minimum Gasteiger partial charge on any atom is -0.395 e. The van der Waals surface area contributed by atoms with Crippen LogP contribution in [-0.2, 0) is 15.8 Å². The van der Waals surface area contributed by atoms with E-state index in [1.165, 1.54) is 11.2 Å². The van der Waals surface area contributed by atoms with Gasteiger partial charge in [-0.2, -0.15) is 0 Å². The molecule has 0 aliphatic carbocycles. The van der Waals surface area contributed by atoms with Crippen LogP contribution in [0, 0.1) is 0 Å². The van der Waals surface area contributed by atoms with Gasteiger partial charge in [-0.25, -0.2) is 8.51 Å². The van der Waals surface area contributed by atoms with E-state index in [4.69, 9.17) is 10.2 Å². The van der Waals surface area contributed by atoms with Gasteiger partial charge in [0.05, 0.1) is 18.1 Å². The number of aliphatic hydroxyl groups excluding tert-OH is 2. The number of hydrogen-bond donors (Lipinski definition) is 3. The molecule has 0 aromatic heterocycles. The third kappa shape index (κ3) is 5.07. The van der Waals surface area contributed by atoms with Crippen molar-refractivity contribution in [3.8, 4) is 0 Å². The Morgan fingerprint density at radius 3 is 2.16 bits per heavy atom. The van der Waals surface area contributed by atoms with Crippen LogP contribution in [0.5, 0.6) is 0 Å². The largest absolute Gasteiger partial charge is 0.395 e. The van der Waals surface area contributed by atoms with Gasteiger partial charge in [-0.05, 0) is 24.3 Å². The molecule has 0 saturated heterocycles. The van der Waals surface area contributed by atoms with Crippen LogP contribution in [0.25, 0.3) is 0 Å². The molecule has 0 aliphatic rings. The molecule has 1 atom stereocenters. The Bertz CT molecular complexity index is 430. The average Bonchev–Trinajstić information content (AvgIpc) is 2.38. The number of nitrogens with zero attached hydrogens (tertiary/aromatic N) is 1. The Morgan fingerprint density at radius 2 is 1.74 bits per heavy atom. The second-order valence-corrected chi connectivity index (χ2v) is 5.32. The quantitative estimate of drug-likeness (QED) is 0.656. The van der Waals surface area contributed by atoms with Crippen molar-refractivity contribution in [2.45, 2.75) is 11.8 Å². The van der Waals surface area contributed by atoms with Crippen LogP contribution in [0.4, 0.5) is 5.69 Å². The van der Waals surface area contributed by atoms with Crippen LogP contribution in [0.2, 0.25) is 0 Å². The van der Waals surface area contributed by atoms with E-state index in [-0.39, 0.29) is 32.2 Å². The third-order valence-corrected chi connectivity index (χ3v) is 3.82. The van der Waals surface area contributed by atoms with Crippen molar-refractivity contribution in [3.63, 3.8) is 0 Å². The number of rotatable bonds is 7. The number of amides is 1. The highest BCUT2D eigenvalue weighted by atomic mass is 32.2. The first kappa shape index (κ1) is 15.8. The molecule has 0 radical (unpaired) electrons. The first-order chi connectivity index (χ1) is 9.08. The number of carbonyl (C=O) groups is 1. The van der Waals surface area contributed by atoms with Gasteiger partial charge in [-0.15, -0.1) is 0 Å². The first-order valence-corrected chi connectivity index (χ1v) is 6.95. The number of hydrogen-bond acceptors (Lipinski definition) is 4. The van der Waals surface area contributed by atoms with E-state index in [1.807, 2.05) is 0 Å². The van der Waals surface area contributed by atoms with Crippen LogP contribution < -0.4 is 5.32 Å². The number of nitrogens with one attached hydrogen (secondary N) is 1. The van der Waals surface area contributed by atoms with Gasteiger partial charge in [0.1, 0.15) is 11.0 Å². The zero-order valence-electron chi connectivity index (χ0n) is 10.7. The molecular formula is C12H18N2O4S. The van der Waals surface area contributed by atoms with Gasteiger partial charge < -0.3 is 15.5 Å². The first-order valence-electron chi connectivity index (χ1n) is 5.84. The molecule has 19 heavy (non-hydrogen) atoms. The predicted octanol–water partition coefficient (Wildman–Crippen LogP) is -0.0458. The Hall–Kier alpha value is -1.28. The number of anilines is 1. The Balaban J connectivity index is 2.77. The van der Waals surface area contributed by atoms with Crippen molar-refractivity contribution in [2.24, 2.45) is 0 Å². The molecule has 1 amide bonds. The van der Waals surface area contributed by atoms with E-state index in [1.54, 1.807) is 24.3 Å². The lowest BCUT2D eigenvalue weighted by Crippen LogP contribution is -2.31. The number of benzene rings is 1. The Labute approximate surface area is 114 Å². The van der Waals surface area contributed by atoms with Crippen molar-refractivity contribution in [3.05, 3.63) is 24.3 Å². The maximum atomic E-state index is 12.2. The fourth-order valence-corrected chi connectivity index (χ4v) is 2.67. The summed E-state index contributed by atoms with van der Waals surface area (Å²) in [4.78, 5) is 11.4. The normalized spacial score (nSPS) is 12.4. The maximum Gasteiger partial charge on any atom is 0.221 e. The molecule has 1 aromatic carbocycles. The molecule has 0 spiro atoms. The molecule has 0 bridgehead atoms. The van der Waals surface area contributed by atoms with Crippen LogP contribution in [-0.4, -0.2) is 50.9 Å². The molecule has 0 fully saturated rings. The smallest absolute Gasteiger partial charge is 0.221 e. The minimum absolute atomic E-state index is 0.129. The lowest BCUT2D eigenvalue weighted by atomic mass is 10.3. The summed E-state index contributed by atoms with van der Waals surface area (Å²) in [6.45, 7) is 1.60. The van der Waals surface area contributed by atoms with E-state index in [2.05, 4.69) is 5.32 Å². The average molecular weight is 286 g/mol. The number of carbonyl (C=O) groups excluding carboxylic acids is 1. The summed E-state index contributed by atoms with van der Waals surface area (Å²) in [5.41, 5.74) is 0.629. The highest BCUT2D eigenvalue weighted by molar-refractivity contribution is 7.82. The fourth-order valence-electron chi connectivity index (χ4n) is 1.51.